The van der Waals surface area contributed by atoms with Gasteiger partial charge in [-0.1, -0.05) is 42.5 Å². The predicted molar refractivity (Wildman–Crippen MR) is 112 cm³/mol. The molecule has 3 heterocycles. The van der Waals surface area contributed by atoms with Crippen LogP contribution in [0.25, 0.3) is 0 Å². The molecule has 2 aromatic carbocycles. The average molecular weight is 402 g/mol. The Hall–Kier alpha value is -2.04. The van der Waals surface area contributed by atoms with Gasteiger partial charge < -0.3 is 9.47 Å². The van der Waals surface area contributed by atoms with Crippen LogP contribution in [0.15, 0.2) is 54.6 Å². The number of rotatable bonds is 6. The number of carbonyl (C=O) groups excluding carboxylic acids is 1. The van der Waals surface area contributed by atoms with Gasteiger partial charge in [0.1, 0.15) is 11.9 Å². The number of nitrogens with zero attached hydrogens (tertiary/aromatic N) is 1. The number of hydrogen-bond acceptors (Lipinski definition) is 4. The maximum Gasteiger partial charge on any atom is 0.314 e. The van der Waals surface area contributed by atoms with Crippen molar-refractivity contribution in [3.8, 4) is 5.75 Å². The van der Waals surface area contributed by atoms with E-state index in [0.717, 1.165) is 49.4 Å². The van der Waals surface area contributed by atoms with E-state index in [-0.39, 0.29) is 30.4 Å². The van der Waals surface area contributed by atoms with Crippen LogP contribution in [0.2, 0.25) is 0 Å². The van der Waals surface area contributed by atoms with E-state index in [4.69, 9.17) is 9.47 Å². The standard InChI is InChI=1S/C23H27NO3.ClH/c1-26-20-9-7-17(8-10-20)15-21(18-5-3-2-4-6-18)23(25)27-22-16-24-13-11-19(22)12-14-24;/h2-10,19,21-22H,11-16H2,1H3;1H. The van der Waals surface area contributed by atoms with Gasteiger partial charge in [-0.15, -0.1) is 12.4 Å². The molecule has 2 bridgehead atoms. The van der Waals surface area contributed by atoms with Crippen LogP contribution in [0.1, 0.15) is 29.9 Å². The second kappa shape index (κ2) is 9.44. The van der Waals surface area contributed by atoms with Crippen molar-refractivity contribution < 1.29 is 14.3 Å². The van der Waals surface area contributed by atoms with Crippen LogP contribution in [-0.4, -0.2) is 43.7 Å². The molecule has 3 aliphatic heterocycles. The molecule has 0 radical (unpaired) electrons. The summed E-state index contributed by atoms with van der Waals surface area (Å²) in [7, 11) is 1.66. The van der Waals surface area contributed by atoms with Crippen molar-refractivity contribution in [3.05, 3.63) is 65.7 Å². The Morgan fingerprint density at radius 1 is 1.07 bits per heavy atom. The van der Waals surface area contributed by atoms with Crippen molar-refractivity contribution in [3.63, 3.8) is 0 Å². The Balaban J connectivity index is 0.00000225. The Kier molecular flexibility index (Phi) is 6.97. The number of esters is 1. The van der Waals surface area contributed by atoms with Crippen molar-refractivity contribution in [1.82, 2.24) is 4.90 Å². The van der Waals surface area contributed by atoms with Gasteiger partial charge >= 0.3 is 5.97 Å². The third-order valence-corrected chi connectivity index (χ3v) is 5.95. The highest BCUT2D eigenvalue weighted by Crippen LogP contribution is 2.32. The minimum Gasteiger partial charge on any atom is -0.497 e. The van der Waals surface area contributed by atoms with Crippen LogP contribution in [0.5, 0.6) is 5.75 Å². The minimum atomic E-state index is -0.282. The summed E-state index contributed by atoms with van der Waals surface area (Å²) in [5.74, 6) is 0.965. The van der Waals surface area contributed by atoms with E-state index >= 15 is 0 Å². The lowest BCUT2D eigenvalue weighted by Crippen LogP contribution is -2.52. The molecule has 3 saturated heterocycles. The van der Waals surface area contributed by atoms with E-state index in [9.17, 15) is 4.79 Å². The summed E-state index contributed by atoms with van der Waals surface area (Å²) >= 11 is 0. The molecule has 0 spiro atoms. The van der Waals surface area contributed by atoms with Crippen LogP contribution < -0.4 is 4.74 Å². The lowest BCUT2D eigenvalue weighted by Gasteiger charge is -2.44. The van der Waals surface area contributed by atoms with Crippen LogP contribution in [0, 0.1) is 5.92 Å². The number of fused-ring (bicyclic) bond motifs is 3. The number of methoxy groups -OCH3 is 1. The van der Waals surface area contributed by atoms with Gasteiger partial charge in [0.05, 0.1) is 13.0 Å². The zero-order valence-electron chi connectivity index (χ0n) is 16.3. The van der Waals surface area contributed by atoms with Gasteiger partial charge in [0.2, 0.25) is 0 Å². The Morgan fingerprint density at radius 3 is 2.32 bits per heavy atom. The first-order valence-corrected chi connectivity index (χ1v) is 9.83. The van der Waals surface area contributed by atoms with Crippen LogP contribution in [0.4, 0.5) is 0 Å². The summed E-state index contributed by atoms with van der Waals surface area (Å²) in [5.41, 5.74) is 2.12. The van der Waals surface area contributed by atoms with Gasteiger partial charge in [0.25, 0.3) is 0 Å². The molecule has 2 aromatic rings. The number of carbonyl (C=O) groups is 1. The molecule has 28 heavy (non-hydrogen) atoms. The zero-order valence-corrected chi connectivity index (χ0v) is 17.1. The minimum absolute atomic E-state index is 0. The first kappa shape index (κ1) is 20.7. The maximum absolute atomic E-state index is 13.2. The smallest absolute Gasteiger partial charge is 0.314 e. The summed E-state index contributed by atoms with van der Waals surface area (Å²) in [6, 6.07) is 17.9. The third-order valence-electron chi connectivity index (χ3n) is 5.95. The van der Waals surface area contributed by atoms with Crippen LogP contribution in [0.3, 0.4) is 0 Å². The molecule has 2 atom stereocenters. The fourth-order valence-corrected chi connectivity index (χ4v) is 4.30. The second-order valence-corrected chi connectivity index (χ2v) is 7.63. The lowest BCUT2D eigenvalue weighted by molar-refractivity contribution is -0.160. The molecule has 2 unspecified atom stereocenters. The molecule has 0 aliphatic carbocycles. The fraction of sp³-hybridized carbons (Fsp3) is 0.435. The molecule has 5 heteroatoms. The molecule has 150 valence electrons. The van der Waals surface area contributed by atoms with Crippen molar-refractivity contribution in [2.24, 2.45) is 5.92 Å². The van der Waals surface area contributed by atoms with Gasteiger partial charge in [-0.2, -0.15) is 0 Å². The molecular formula is C23H28ClNO3. The molecule has 5 rings (SSSR count). The largest absolute Gasteiger partial charge is 0.497 e. The maximum atomic E-state index is 13.2. The van der Waals surface area contributed by atoms with Gasteiger partial charge in [0, 0.05) is 6.54 Å². The predicted octanol–water partition coefficient (Wildman–Crippen LogP) is 4.08. The molecule has 4 nitrogen and oxygen atoms in total. The number of benzene rings is 2. The van der Waals surface area contributed by atoms with Crippen LogP contribution >= 0.6 is 12.4 Å². The Bertz CT molecular complexity index is 757. The van der Waals surface area contributed by atoms with Gasteiger partial charge in [0.15, 0.2) is 0 Å². The Labute approximate surface area is 173 Å². The monoisotopic (exact) mass is 401 g/mol. The SMILES string of the molecule is COc1ccc(CC(C(=O)OC2CN3CCC2CC3)c2ccccc2)cc1.Cl. The second-order valence-electron chi connectivity index (χ2n) is 7.63. The van der Waals surface area contributed by atoms with Crippen molar-refractivity contribution in [2.75, 3.05) is 26.7 Å². The van der Waals surface area contributed by atoms with E-state index in [2.05, 4.69) is 4.90 Å². The topological polar surface area (TPSA) is 38.8 Å². The summed E-state index contributed by atoms with van der Waals surface area (Å²) < 4.78 is 11.3. The normalized spacial score (nSPS) is 24.1. The zero-order chi connectivity index (χ0) is 18.6. The van der Waals surface area contributed by atoms with Crippen molar-refractivity contribution >= 4 is 18.4 Å². The highest BCUT2D eigenvalue weighted by molar-refractivity contribution is 5.85. The van der Waals surface area contributed by atoms with E-state index in [1.165, 1.54) is 0 Å². The average Bonchev–Trinajstić information content (AvgIpc) is 2.74. The third kappa shape index (κ3) is 4.68. The molecule has 0 amide bonds. The van der Waals surface area contributed by atoms with Gasteiger partial charge in [-0.25, -0.2) is 0 Å². The van der Waals surface area contributed by atoms with Crippen molar-refractivity contribution in [2.45, 2.75) is 31.3 Å². The molecule has 3 fully saturated rings. The summed E-state index contributed by atoms with van der Waals surface area (Å²) in [6.45, 7) is 3.18. The van der Waals surface area contributed by atoms with E-state index < -0.39 is 0 Å². The van der Waals surface area contributed by atoms with Gasteiger partial charge in [-0.3, -0.25) is 9.69 Å². The number of hydrogen-bond donors (Lipinski definition) is 0. The highest BCUT2D eigenvalue weighted by Gasteiger charge is 2.37. The first-order chi connectivity index (χ1) is 13.2. The molecule has 0 N–H and O–H groups in total. The number of ether oxygens (including phenoxy) is 2. The first-order valence-electron chi connectivity index (χ1n) is 9.83. The number of halogens is 1. The molecule has 0 aromatic heterocycles. The number of piperidine rings is 3. The summed E-state index contributed by atoms with van der Waals surface area (Å²) in [5, 5.41) is 0. The fourth-order valence-electron chi connectivity index (χ4n) is 4.30. The summed E-state index contributed by atoms with van der Waals surface area (Å²) in [4.78, 5) is 15.6. The highest BCUT2D eigenvalue weighted by atomic mass is 35.5. The van der Waals surface area contributed by atoms with Gasteiger partial charge in [-0.05, 0) is 61.5 Å². The lowest BCUT2D eigenvalue weighted by atomic mass is 9.85. The van der Waals surface area contributed by atoms with E-state index in [1.807, 2.05) is 54.6 Å². The van der Waals surface area contributed by atoms with Crippen LogP contribution in [-0.2, 0) is 16.0 Å². The molecule has 3 aliphatic rings. The molecular weight excluding hydrogens is 374 g/mol. The Morgan fingerprint density at radius 2 is 1.75 bits per heavy atom. The summed E-state index contributed by atoms with van der Waals surface area (Å²) in [6.07, 6.45) is 2.97. The van der Waals surface area contributed by atoms with E-state index in [0.29, 0.717) is 12.3 Å². The molecule has 0 saturated carbocycles. The van der Waals surface area contributed by atoms with E-state index in [1.54, 1.807) is 7.11 Å². The quantitative estimate of drug-likeness (QED) is 0.683. The van der Waals surface area contributed by atoms with Crippen molar-refractivity contribution in [1.29, 1.82) is 0 Å².